The van der Waals surface area contributed by atoms with E-state index in [1.165, 1.54) is 10.9 Å². The average molecular weight is 386 g/mol. The predicted molar refractivity (Wildman–Crippen MR) is 111 cm³/mol. The van der Waals surface area contributed by atoms with Gasteiger partial charge in [-0.05, 0) is 45.2 Å². The highest BCUT2D eigenvalue weighted by Crippen LogP contribution is 2.18. The van der Waals surface area contributed by atoms with Gasteiger partial charge in [0.2, 0.25) is 0 Å². The zero-order valence-electron chi connectivity index (χ0n) is 16.8. The summed E-state index contributed by atoms with van der Waals surface area (Å²) >= 11 is 0. The number of hydrogen-bond donors (Lipinski definition) is 4. The molecule has 0 bridgehead atoms. The summed E-state index contributed by atoms with van der Waals surface area (Å²) in [7, 11) is 0. The van der Waals surface area contributed by atoms with Crippen LogP contribution in [0.1, 0.15) is 32.8 Å². The molecule has 0 unspecified atom stereocenters. The number of carbonyl (C=O) groups is 2. The molecule has 1 aromatic carbocycles. The maximum absolute atomic E-state index is 11.8. The fourth-order valence-corrected chi connectivity index (χ4v) is 2.66. The Hall–Kier alpha value is -2.96. The Morgan fingerprint density at radius 2 is 1.79 bits per heavy atom. The van der Waals surface area contributed by atoms with Gasteiger partial charge in [0.1, 0.15) is 5.60 Å². The summed E-state index contributed by atoms with van der Waals surface area (Å²) in [5.41, 5.74) is 1.89. The van der Waals surface area contributed by atoms with Crippen LogP contribution in [0.25, 0.3) is 10.9 Å². The molecule has 7 heteroatoms. The maximum atomic E-state index is 11.8. The number of aromatic amines is 1. The van der Waals surface area contributed by atoms with Crippen LogP contribution in [0.2, 0.25) is 0 Å². The smallest absolute Gasteiger partial charge is 0.407 e. The van der Waals surface area contributed by atoms with E-state index >= 15 is 0 Å². The summed E-state index contributed by atoms with van der Waals surface area (Å²) in [6.07, 6.45) is 6.88. The number of ether oxygens (including phenoxy) is 1. The fourth-order valence-electron chi connectivity index (χ4n) is 2.66. The minimum Gasteiger partial charge on any atom is -0.444 e. The van der Waals surface area contributed by atoms with Gasteiger partial charge in [-0.1, -0.05) is 30.4 Å². The highest BCUT2D eigenvalue weighted by atomic mass is 16.6. The summed E-state index contributed by atoms with van der Waals surface area (Å²) < 4.78 is 5.12. The summed E-state index contributed by atoms with van der Waals surface area (Å²) in [4.78, 5) is 26.5. The Labute approximate surface area is 165 Å². The molecule has 3 amide bonds. The number of alkyl carbamates (subject to hydrolysis) is 1. The molecule has 1 aromatic heterocycles. The summed E-state index contributed by atoms with van der Waals surface area (Å²) in [6.45, 7) is 6.78. The number of rotatable bonds is 8. The molecule has 0 spiro atoms. The number of hydrogen-bond acceptors (Lipinski definition) is 3. The Bertz CT molecular complexity index is 805. The lowest BCUT2D eigenvalue weighted by molar-refractivity contribution is 0.0534. The molecule has 0 saturated heterocycles. The predicted octanol–water partition coefficient (Wildman–Crippen LogP) is 3.48. The number of nitrogens with one attached hydrogen (secondary N) is 4. The first-order valence-corrected chi connectivity index (χ1v) is 9.54. The average Bonchev–Trinajstić information content (AvgIpc) is 3.03. The molecule has 0 radical (unpaired) electrons. The van der Waals surface area contributed by atoms with Gasteiger partial charge in [-0.25, -0.2) is 9.59 Å². The number of H-pyrrole nitrogens is 1. The van der Waals surface area contributed by atoms with Crippen molar-refractivity contribution in [2.75, 3.05) is 19.6 Å². The molecule has 2 rings (SSSR count). The lowest BCUT2D eigenvalue weighted by atomic mass is 10.1. The summed E-state index contributed by atoms with van der Waals surface area (Å²) in [5.74, 6) is 0. The Kier molecular flexibility index (Phi) is 7.92. The molecule has 4 N–H and O–H groups in total. The standard InChI is InChI=1S/C21H30N4O3/c1-21(2,3)28-20(27)24-13-7-6-12-22-19(26)23-14-8-9-16-15-25-18-11-5-4-10-17(16)18/h4-7,10-11,15,25H,8-9,12-14H2,1-3H3,(H,24,27)(H2,22,23,26). The maximum Gasteiger partial charge on any atom is 0.407 e. The third kappa shape index (κ3) is 7.73. The van der Waals surface area contributed by atoms with Crippen molar-refractivity contribution in [3.8, 4) is 0 Å². The van der Waals surface area contributed by atoms with E-state index < -0.39 is 11.7 Å². The van der Waals surface area contributed by atoms with Crippen LogP contribution in [-0.2, 0) is 11.2 Å². The van der Waals surface area contributed by atoms with Crippen molar-refractivity contribution in [1.82, 2.24) is 20.9 Å². The lowest BCUT2D eigenvalue weighted by Crippen LogP contribution is -2.36. The molecule has 7 nitrogen and oxygen atoms in total. The quantitative estimate of drug-likeness (QED) is 0.413. The zero-order chi connectivity index (χ0) is 20.4. The van der Waals surface area contributed by atoms with Crippen LogP contribution in [0.3, 0.4) is 0 Å². The van der Waals surface area contributed by atoms with Gasteiger partial charge in [0, 0.05) is 36.7 Å². The van der Waals surface area contributed by atoms with Gasteiger partial charge >= 0.3 is 12.1 Å². The molecule has 0 aliphatic heterocycles. The number of carbonyl (C=O) groups excluding carboxylic acids is 2. The molecule has 152 valence electrons. The van der Waals surface area contributed by atoms with Crippen LogP contribution >= 0.6 is 0 Å². The van der Waals surface area contributed by atoms with Crippen LogP contribution in [-0.4, -0.2) is 42.3 Å². The van der Waals surface area contributed by atoms with Crippen molar-refractivity contribution < 1.29 is 14.3 Å². The highest BCUT2D eigenvalue weighted by Gasteiger charge is 2.14. The zero-order valence-corrected chi connectivity index (χ0v) is 16.8. The van der Waals surface area contributed by atoms with Gasteiger partial charge < -0.3 is 25.7 Å². The number of urea groups is 1. The second-order valence-electron chi connectivity index (χ2n) is 7.45. The van der Waals surface area contributed by atoms with Gasteiger partial charge in [-0.15, -0.1) is 0 Å². The van der Waals surface area contributed by atoms with E-state index in [1.54, 1.807) is 12.2 Å². The van der Waals surface area contributed by atoms with Gasteiger partial charge in [0.05, 0.1) is 0 Å². The van der Waals surface area contributed by atoms with Crippen LogP contribution in [0.4, 0.5) is 9.59 Å². The molecular weight excluding hydrogens is 356 g/mol. The van der Waals surface area contributed by atoms with E-state index in [0.717, 1.165) is 18.4 Å². The highest BCUT2D eigenvalue weighted by molar-refractivity contribution is 5.83. The third-order valence-corrected chi connectivity index (χ3v) is 3.89. The lowest BCUT2D eigenvalue weighted by Gasteiger charge is -2.19. The number of amides is 3. The van der Waals surface area contributed by atoms with Crippen molar-refractivity contribution in [3.63, 3.8) is 0 Å². The monoisotopic (exact) mass is 386 g/mol. The topological polar surface area (TPSA) is 95.2 Å². The fraction of sp³-hybridized carbons (Fsp3) is 0.429. The molecule has 1 heterocycles. The van der Waals surface area contributed by atoms with Gasteiger partial charge in [0.25, 0.3) is 0 Å². The number of fused-ring (bicyclic) bond motifs is 1. The van der Waals surface area contributed by atoms with Crippen LogP contribution in [0.5, 0.6) is 0 Å². The van der Waals surface area contributed by atoms with Crippen LogP contribution in [0.15, 0.2) is 42.6 Å². The van der Waals surface area contributed by atoms with E-state index in [0.29, 0.717) is 19.6 Å². The van der Waals surface area contributed by atoms with E-state index in [2.05, 4.69) is 33.1 Å². The molecule has 0 fully saturated rings. The molecule has 0 aliphatic rings. The van der Waals surface area contributed by atoms with Crippen molar-refractivity contribution in [3.05, 3.63) is 48.2 Å². The number of aryl methyl sites for hydroxylation is 1. The first-order valence-electron chi connectivity index (χ1n) is 9.54. The second kappa shape index (κ2) is 10.4. The van der Waals surface area contributed by atoms with Gasteiger partial charge in [-0.3, -0.25) is 0 Å². The van der Waals surface area contributed by atoms with E-state index in [-0.39, 0.29) is 6.03 Å². The van der Waals surface area contributed by atoms with E-state index in [4.69, 9.17) is 4.74 Å². The Morgan fingerprint density at radius 3 is 2.54 bits per heavy atom. The van der Waals surface area contributed by atoms with Crippen molar-refractivity contribution in [2.24, 2.45) is 0 Å². The minimum atomic E-state index is -0.512. The van der Waals surface area contributed by atoms with E-state index in [1.807, 2.05) is 39.1 Å². The Morgan fingerprint density at radius 1 is 1.07 bits per heavy atom. The molecule has 2 aromatic rings. The first kappa shape index (κ1) is 21.3. The molecule has 0 atom stereocenters. The Balaban J connectivity index is 1.54. The number of para-hydroxylation sites is 1. The SMILES string of the molecule is CC(C)(C)OC(=O)NCC=CCNC(=O)NCCCc1c[nH]c2ccccc12. The number of benzene rings is 1. The molecular formula is C21H30N4O3. The summed E-state index contributed by atoms with van der Waals surface area (Å²) in [5, 5.41) is 9.44. The molecule has 28 heavy (non-hydrogen) atoms. The second-order valence-corrected chi connectivity index (χ2v) is 7.45. The van der Waals surface area contributed by atoms with Crippen LogP contribution in [0, 0.1) is 0 Å². The van der Waals surface area contributed by atoms with Gasteiger partial charge in [0.15, 0.2) is 0 Å². The molecule has 0 saturated carbocycles. The minimum absolute atomic E-state index is 0.205. The van der Waals surface area contributed by atoms with Gasteiger partial charge in [-0.2, -0.15) is 0 Å². The van der Waals surface area contributed by atoms with Crippen molar-refractivity contribution in [2.45, 2.75) is 39.2 Å². The van der Waals surface area contributed by atoms with Crippen molar-refractivity contribution >= 4 is 23.0 Å². The molecule has 0 aliphatic carbocycles. The number of aromatic nitrogens is 1. The largest absolute Gasteiger partial charge is 0.444 e. The van der Waals surface area contributed by atoms with Crippen LogP contribution < -0.4 is 16.0 Å². The van der Waals surface area contributed by atoms with E-state index in [9.17, 15) is 9.59 Å². The third-order valence-electron chi connectivity index (χ3n) is 3.89. The normalized spacial score (nSPS) is 11.5. The summed E-state index contributed by atoms with van der Waals surface area (Å²) in [6, 6.07) is 7.99. The first-order chi connectivity index (χ1) is 13.3. The van der Waals surface area contributed by atoms with Crippen molar-refractivity contribution in [1.29, 1.82) is 0 Å².